The van der Waals surface area contributed by atoms with Crippen LogP contribution in [-0.2, 0) is 14.6 Å². The molecule has 2 aromatic carbocycles. The Hall–Kier alpha value is -2.29. The van der Waals surface area contributed by atoms with E-state index in [2.05, 4.69) is 9.50 Å². The lowest BCUT2D eigenvalue weighted by atomic mass is 10.1. The van der Waals surface area contributed by atoms with Crippen LogP contribution in [0.5, 0.6) is 5.75 Å². The second-order valence-electron chi connectivity index (χ2n) is 4.60. The molecular formula is C14H14N2O5S. The highest BCUT2D eigenvalue weighted by Gasteiger charge is 2.25. The molecule has 1 aliphatic heterocycles. The Labute approximate surface area is 128 Å². The van der Waals surface area contributed by atoms with Gasteiger partial charge in [-0.2, -0.15) is 8.42 Å². The fraction of sp³-hybridized carbons (Fsp3) is 0.143. The predicted octanol–water partition coefficient (Wildman–Crippen LogP) is 2.67. The number of anilines is 4. The van der Waals surface area contributed by atoms with Crippen LogP contribution in [0.3, 0.4) is 0 Å². The Morgan fingerprint density at radius 2 is 1.86 bits per heavy atom. The van der Waals surface area contributed by atoms with Crippen molar-refractivity contribution < 1.29 is 21.9 Å². The molecule has 3 rings (SSSR count). The number of fused-ring (bicyclic) bond motifs is 2. The average Bonchev–Trinajstić information content (AvgIpc) is 2.50. The zero-order valence-electron chi connectivity index (χ0n) is 11.7. The van der Waals surface area contributed by atoms with Crippen LogP contribution in [0.2, 0.25) is 0 Å². The number of hydrogen-bond acceptors (Lipinski definition) is 6. The number of ether oxygens (including phenoxy) is 1. The molecule has 116 valence electrons. The van der Waals surface area contributed by atoms with E-state index in [1.54, 1.807) is 30.2 Å². The molecule has 1 heterocycles. The third-order valence-corrected chi connectivity index (χ3v) is 3.70. The summed E-state index contributed by atoms with van der Waals surface area (Å²) in [5.41, 5.74) is 2.88. The summed E-state index contributed by atoms with van der Waals surface area (Å²) in [5, 5.41) is 3.25. The van der Waals surface area contributed by atoms with Gasteiger partial charge in [0.1, 0.15) is 18.2 Å². The van der Waals surface area contributed by atoms with Gasteiger partial charge in [0.05, 0.1) is 24.2 Å². The molecule has 0 fully saturated rings. The maximum absolute atomic E-state index is 10.9. The summed E-state index contributed by atoms with van der Waals surface area (Å²) in [6.07, 6.45) is 0. The molecule has 0 aromatic heterocycles. The average molecular weight is 322 g/mol. The first-order valence-electron chi connectivity index (χ1n) is 6.42. The quantitative estimate of drug-likeness (QED) is 0.837. The van der Waals surface area contributed by atoms with Crippen LogP contribution in [0, 0.1) is 0 Å². The molecule has 0 bridgehead atoms. The first-order chi connectivity index (χ1) is 10.5. The smallest absolute Gasteiger partial charge is 0.399 e. The predicted molar refractivity (Wildman–Crippen MR) is 82.4 cm³/mol. The van der Waals surface area contributed by atoms with Gasteiger partial charge in [-0.3, -0.25) is 4.55 Å². The molecule has 0 aliphatic carbocycles. The van der Waals surface area contributed by atoms with Crippen molar-refractivity contribution in [3.63, 3.8) is 0 Å². The van der Waals surface area contributed by atoms with Gasteiger partial charge in [0.2, 0.25) is 0 Å². The van der Waals surface area contributed by atoms with Crippen LogP contribution >= 0.6 is 0 Å². The van der Waals surface area contributed by atoms with E-state index >= 15 is 0 Å². The number of rotatable bonds is 4. The summed E-state index contributed by atoms with van der Waals surface area (Å²) in [5.74, 6) is 0.615. The number of nitrogens with one attached hydrogen (secondary N) is 1. The van der Waals surface area contributed by atoms with Gasteiger partial charge in [-0.05, 0) is 24.3 Å². The molecule has 0 amide bonds. The second-order valence-corrected chi connectivity index (χ2v) is 5.69. The molecule has 8 heteroatoms. The maximum atomic E-state index is 10.9. The monoisotopic (exact) mass is 322 g/mol. The highest BCUT2D eigenvalue weighted by atomic mass is 32.3. The van der Waals surface area contributed by atoms with Gasteiger partial charge < -0.3 is 15.0 Å². The summed E-state index contributed by atoms with van der Waals surface area (Å²) < 4.78 is 40.5. The molecule has 7 nitrogen and oxygen atoms in total. The summed E-state index contributed by atoms with van der Waals surface area (Å²) in [6, 6.07) is 12.7. The summed E-state index contributed by atoms with van der Waals surface area (Å²) >= 11 is 0. The van der Waals surface area contributed by atoms with Crippen molar-refractivity contribution in [3.8, 4) is 5.75 Å². The van der Waals surface area contributed by atoms with Gasteiger partial charge in [0.25, 0.3) is 0 Å². The zero-order valence-corrected chi connectivity index (χ0v) is 12.5. The van der Waals surface area contributed by atoms with Crippen molar-refractivity contribution >= 4 is 33.1 Å². The molecular weight excluding hydrogens is 308 g/mol. The van der Waals surface area contributed by atoms with Crippen molar-refractivity contribution in [3.05, 3.63) is 42.5 Å². The van der Waals surface area contributed by atoms with E-state index in [1.165, 1.54) is 0 Å². The summed E-state index contributed by atoms with van der Waals surface area (Å²) in [7, 11) is -2.99. The van der Waals surface area contributed by atoms with Crippen LogP contribution in [0.1, 0.15) is 0 Å². The van der Waals surface area contributed by atoms with Crippen molar-refractivity contribution in [2.45, 2.75) is 0 Å². The molecule has 0 saturated heterocycles. The molecule has 0 spiro atoms. The molecule has 0 radical (unpaired) electrons. The fourth-order valence-electron chi connectivity index (χ4n) is 2.38. The topological polar surface area (TPSA) is 88.1 Å². The van der Waals surface area contributed by atoms with E-state index in [4.69, 9.17) is 9.29 Å². The lowest BCUT2D eigenvalue weighted by Gasteiger charge is -2.33. The Kier molecular flexibility index (Phi) is 3.65. The first-order valence-corrected chi connectivity index (χ1v) is 7.78. The van der Waals surface area contributed by atoms with Gasteiger partial charge in [-0.1, -0.05) is 18.2 Å². The Morgan fingerprint density at radius 1 is 1.14 bits per heavy atom. The number of methoxy groups -OCH3 is 1. The van der Waals surface area contributed by atoms with Crippen molar-refractivity contribution in [2.75, 3.05) is 24.1 Å². The minimum Gasteiger partial charge on any atom is -0.494 e. The van der Waals surface area contributed by atoms with E-state index in [1.807, 2.05) is 24.3 Å². The highest BCUT2D eigenvalue weighted by molar-refractivity contribution is 7.80. The molecule has 2 aromatic rings. The summed E-state index contributed by atoms with van der Waals surface area (Å²) in [4.78, 5) is 1.64. The lowest BCUT2D eigenvalue weighted by Crippen LogP contribution is -2.27. The van der Waals surface area contributed by atoms with Gasteiger partial charge in [0.15, 0.2) is 0 Å². The fourth-order valence-corrected chi connectivity index (χ4v) is 2.62. The van der Waals surface area contributed by atoms with Crippen LogP contribution in [-0.4, -0.2) is 26.8 Å². The van der Waals surface area contributed by atoms with Gasteiger partial charge in [-0.15, -0.1) is 0 Å². The minimum atomic E-state index is -4.54. The maximum Gasteiger partial charge on any atom is 0.399 e. The van der Waals surface area contributed by atoms with Gasteiger partial charge in [0, 0.05) is 0 Å². The Balaban J connectivity index is 2.08. The molecule has 22 heavy (non-hydrogen) atoms. The Morgan fingerprint density at radius 3 is 2.59 bits per heavy atom. The number of hydrogen-bond donors (Lipinski definition) is 2. The number of para-hydroxylation sites is 3. The van der Waals surface area contributed by atoms with Crippen molar-refractivity contribution in [2.24, 2.45) is 0 Å². The van der Waals surface area contributed by atoms with Crippen molar-refractivity contribution in [1.29, 1.82) is 0 Å². The van der Waals surface area contributed by atoms with Gasteiger partial charge in [-0.25, -0.2) is 4.18 Å². The SMILES string of the molecule is COc1cccc2c1Nc1ccccc1N2COS(=O)(=O)O. The van der Waals surface area contributed by atoms with Crippen LogP contribution in [0.15, 0.2) is 42.5 Å². The first kappa shape index (κ1) is 14.6. The molecule has 0 atom stereocenters. The standard InChI is InChI=1S/C14H14N2O5S/c1-20-13-8-4-7-12-14(13)15-10-5-2-3-6-11(10)16(12)9-21-22(17,18)19/h2-8,15H,9H2,1H3,(H,17,18,19). The third-order valence-electron chi connectivity index (χ3n) is 3.30. The van der Waals surface area contributed by atoms with E-state index in [0.717, 1.165) is 11.4 Å². The van der Waals surface area contributed by atoms with E-state index in [-0.39, 0.29) is 6.73 Å². The van der Waals surface area contributed by atoms with E-state index < -0.39 is 10.4 Å². The number of nitrogens with zero attached hydrogens (tertiary/aromatic N) is 1. The molecule has 0 unspecified atom stereocenters. The van der Waals surface area contributed by atoms with Crippen LogP contribution < -0.4 is 15.0 Å². The molecule has 2 N–H and O–H groups in total. The van der Waals surface area contributed by atoms with E-state index in [0.29, 0.717) is 17.1 Å². The summed E-state index contributed by atoms with van der Waals surface area (Å²) in [6.45, 7) is -0.350. The lowest BCUT2D eigenvalue weighted by molar-refractivity contribution is 0.275. The van der Waals surface area contributed by atoms with Gasteiger partial charge >= 0.3 is 10.4 Å². The van der Waals surface area contributed by atoms with Crippen LogP contribution in [0.25, 0.3) is 0 Å². The normalized spacial score (nSPS) is 13.1. The second kappa shape index (κ2) is 5.48. The van der Waals surface area contributed by atoms with Crippen LogP contribution in [0.4, 0.5) is 22.7 Å². The largest absolute Gasteiger partial charge is 0.494 e. The molecule has 1 aliphatic rings. The van der Waals surface area contributed by atoms with E-state index in [9.17, 15) is 8.42 Å². The number of benzene rings is 2. The Bertz CT molecular complexity index is 807. The van der Waals surface area contributed by atoms with Crippen molar-refractivity contribution in [1.82, 2.24) is 0 Å². The zero-order chi connectivity index (χ0) is 15.7. The minimum absolute atomic E-state index is 0.350. The highest BCUT2D eigenvalue weighted by Crippen LogP contribution is 2.47. The molecule has 0 saturated carbocycles. The third kappa shape index (κ3) is 2.71.